The number of hydrogen-bond donors (Lipinski definition) is 1. The fourth-order valence-corrected chi connectivity index (χ4v) is 6.71. The third kappa shape index (κ3) is 3.95. The zero-order chi connectivity index (χ0) is 27.4. The summed E-state index contributed by atoms with van der Waals surface area (Å²) in [7, 11) is 0. The molecule has 2 aromatic rings. The van der Waals surface area contributed by atoms with Gasteiger partial charge in [0.1, 0.15) is 0 Å². The smallest absolute Gasteiger partial charge is 0.234 e. The Morgan fingerprint density at radius 1 is 1.00 bits per heavy atom. The molecule has 7 heteroatoms. The van der Waals surface area contributed by atoms with Crippen LogP contribution in [0.5, 0.6) is 11.5 Å². The SMILES string of the molecule is CCOc1cc(C2C3=CCC4C(=O)N(Cc5ccccc5)C(=O)C4C3CC3=C2C(=O)C(C)=CC3=O)ccc1O. The molecule has 0 spiro atoms. The molecule has 4 aliphatic rings. The molecule has 1 heterocycles. The third-order valence-corrected chi connectivity index (χ3v) is 8.46. The molecular formula is C32H29NO6. The van der Waals surface area contributed by atoms with E-state index in [1.165, 1.54) is 17.0 Å². The van der Waals surface area contributed by atoms with E-state index in [9.17, 15) is 24.3 Å². The number of fused-ring (bicyclic) bond motifs is 3. The minimum absolute atomic E-state index is 0.0184. The maximum Gasteiger partial charge on any atom is 0.234 e. The maximum atomic E-state index is 13.8. The number of benzene rings is 2. The van der Waals surface area contributed by atoms with E-state index >= 15 is 0 Å². The Morgan fingerprint density at radius 2 is 1.77 bits per heavy atom. The molecule has 198 valence electrons. The largest absolute Gasteiger partial charge is 0.504 e. The number of Topliss-reactive ketones (excluding diaryl/α,β-unsaturated/α-hetero) is 1. The summed E-state index contributed by atoms with van der Waals surface area (Å²) in [5, 5.41) is 10.3. The average molecular weight is 524 g/mol. The molecule has 1 N–H and O–H groups in total. The number of carbonyl (C=O) groups is 4. The highest BCUT2D eigenvalue weighted by atomic mass is 16.5. The Labute approximate surface area is 226 Å². The fourth-order valence-electron chi connectivity index (χ4n) is 6.71. The van der Waals surface area contributed by atoms with Gasteiger partial charge in [-0.25, -0.2) is 0 Å². The molecule has 4 atom stereocenters. The number of phenolic OH excluding ortho intramolecular Hbond substituents is 1. The molecule has 0 aromatic heterocycles. The van der Waals surface area contributed by atoms with Crippen molar-refractivity contribution in [3.05, 3.63) is 94.1 Å². The highest BCUT2D eigenvalue weighted by Crippen LogP contribution is 2.55. The highest BCUT2D eigenvalue weighted by Gasteiger charge is 2.56. The van der Waals surface area contributed by atoms with E-state index in [0.717, 1.165) is 11.1 Å². The van der Waals surface area contributed by atoms with Crippen molar-refractivity contribution in [2.24, 2.45) is 17.8 Å². The standard InChI is InChI=1S/C32H29NO6/c1-3-39-26-14-19(9-12-24(26)34)27-20-10-11-21-28(22(20)15-23-25(35)13-17(2)30(36)29(23)27)32(38)33(31(21)37)16-18-7-5-4-6-8-18/h4-10,12-14,21-22,27-28,34H,3,11,15-16H2,1-2H3. The van der Waals surface area contributed by atoms with Gasteiger partial charge in [0.15, 0.2) is 23.1 Å². The maximum absolute atomic E-state index is 13.8. The van der Waals surface area contributed by atoms with E-state index in [1.54, 1.807) is 19.1 Å². The Hall–Kier alpha value is -4.26. The van der Waals surface area contributed by atoms with Gasteiger partial charge in [0, 0.05) is 22.6 Å². The van der Waals surface area contributed by atoms with Gasteiger partial charge in [-0.2, -0.15) is 0 Å². The molecule has 1 aliphatic heterocycles. The van der Waals surface area contributed by atoms with Crippen LogP contribution in [0.25, 0.3) is 0 Å². The zero-order valence-corrected chi connectivity index (χ0v) is 21.8. The normalized spacial score (nSPS) is 26.2. The van der Waals surface area contributed by atoms with Gasteiger partial charge in [0.25, 0.3) is 0 Å². The molecule has 2 aromatic carbocycles. The van der Waals surface area contributed by atoms with E-state index in [0.29, 0.717) is 35.3 Å². The summed E-state index contributed by atoms with van der Waals surface area (Å²) < 4.78 is 5.63. The lowest BCUT2D eigenvalue weighted by atomic mass is 9.59. The predicted molar refractivity (Wildman–Crippen MR) is 143 cm³/mol. The van der Waals surface area contributed by atoms with E-state index in [-0.39, 0.29) is 47.8 Å². The van der Waals surface area contributed by atoms with Crippen molar-refractivity contribution < 1.29 is 29.0 Å². The van der Waals surface area contributed by atoms with E-state index in [1.807, 2.05) is 43.3 Å². The second-order valence-corrected chi connectivity index (χ2v) is 10.6. The van der Waals surface area contributed by atoms with Crippen molar-refractivity contribution in [2.45, 2.75) is 39.2 Å². The van der Waals surface area contributed by atoms with Crippen LogP contribution in [0.4, 0.5) is 0 Å². The van der Waals surface area contributed by atoms with Crippen molar-refractivity contribution in [2.75, 3.05) is 6.61 Å². The first-order chi connectivity index (χ1) is 18.8. The van der Waals surface area contributed by atoms with Crippen LogP contribution in [-0.2, 0) is 25.7 Å². The lowest BCUT2D eigenvalue weighted by Crippen LogP contribution is -2.39. The van der Waals surface area contributed by atoms with Gasteiger partial charge < -0.3 is 9.84 Å². The Kier molecular flexibility index (Phi) is 6.09. The number of aromatic hydroxyl groups is 1. The summed E-state index contributed by atoms with van der Waals surface area (Å²) in [6.45, 7) is 4.01. The van der Waals surface area contributed by atoms with E-state index < -0.39 is 23.7 Å². The summed E-state index contributed by atoms with van der Waals surface area (Å²) >= 11 is 0. The first kappa shape index (κ1) is 25.0. The molecule has 2 amide bonds. The van der Waals surface area contributed by atoms with Crippen LogP contribution in [0.1, 0.15) is 43.7 Å². The van der Waals surface area contributed by atoms with E-state index in [4.69, 9.17) is 4.74 Å². The van der Waals surface area contributed by atoms with Crippen LogP contribution in [0.3, 0.4) is 0 Å². The Bertz CT molecular complexity index is 1510. The predicted octanol–water partition coefficient (Wildman–Crippen LogP) is 4.42. The number of phenols is 1. The van der Waals surface area contributed by atoms with Crippen LogP contribution in [-0.4, -0.2) is 40.0 Å². The minimum atomic E-state index is -0.601. The number of rotatable bonds is 5. The van der Waals surface area contributed by atoms with Gasteiger partial charge in [0.2, 0.25) is 11.8 Å². The van der Waals surface area contributed by atoms with Crippen LogP contribution >= 0.6 is 0 Å². The summed E-state index contributed by atoms with van der Waals surface area (Å²) in [5.41, 5.74) is 3.66. The second-order valence-electron chi connectivity index (χ2n) is 10.6. The number of hydrogen-bond acceptors (Lipinski definition) is 6. The monoisotopic (exact) mass is 523 g/mol. The van der Waals surface area contributed by atoms with Crippen molar-refractivity contribution in [3.8, 4) is 11.5 Å². The van der Waals surface area contributed by atoms with Crippen molar-refractivity contribution in [1.29, 1.82) is 0 Å². The van der Waals surface area contributed by atoms with Gasteiger partial charge in [-0.15, -0.1) is 0 Å². The number of ether oxygens (including phenoxy) is 1. The van der Waals surface area contributed by atoms with Gasteiger partial charge in [-0.05, 0) is 61.9 Å². The van der Waals surface area contributed by atoms with Gasteiger partial charge in [-0.1, -0.05) is 48.0 Å². The van der Waals surface area contributed by atoms with Crippen LogP contribution in [0.15, 0.2) is 83.0 Å². The summed E-state index contributed by atoms with van der Waals surface area (Å²) in [4.78, 5) is 55.5. The molecule has 0 bridgehead atoms. The molecule has 3 aliphatic carbocycles. The number of carbonyl (C=O) groups excluding carboxylic acids is 4. The number of amides is 2. The molecule has 39 heavy (non-hydrogen) atoms. The fraction of sp³-hybridized carbons (Fsp3) is 0.312. The molecule has 1 saturated heterocycles. The number of imide groups is 1. The minimum Gasteiger partial charge on any atom is -0.504 e. The molecule has 0 saturated carbocycles. The summed E-state index contributed by atoms with van der Waals surface area (Å²) in [6.07, 6.45) is 4.00. The Morgan fingerprint density at radius 3 is 2.51 bits per heavy atom. The highest BCUT2D eigenvalue weighted by molar-refractivity contribution is 6.23. The quantitative estimate of drug-likeness (QED) is 0.354. The average Bonchev–Trinajstić information content (AvgIpc) is 3.17. The molecular weight excluding hydrogens is 494 g/mol. The van der Waals surface area contributed by atoms with Gasteiger partial charge in [0.05, 0.1) is 25.0 Å². The van der Waals surface area contributed by atoms with Crippen LogP contribution < -0.4 is 4.74 Å². The first-order valence-electron chi connectivity index (χ1n) is 13.3. The molecule has 1 fully saturated rings. The lowest BCUT2D eigenvalue weighted by molar-refractivity contribution is -0.140. The summed E-state index contributed by atoms with van der Waals surface area (Å²) in [6, 6.07) is 14.4. The van der Waals surface area contributed by atoms with Gasteiger partial charge in [-0.3, -0.25) is 24.1 Å². The Balaban J connectivity index is 1.45. The van der Waals surface area contributed by atoms with Crippen LogP contribution in [0.2, 0.25) is 0 Å². The summed E-state index contributed by atoms with van der Waals surface area (Å²) in [5.74, 6) is -2.63. The topological polar surface area (TPSA) is 101 Å². The second kappa shape index (κ2) is 9.49. The number of allylic oxidation sites excluding steroid dienone is 6. The lowest BCUT2D eigenvalue weighted by Gasteiger charge is -2.42. The number of nitrogens with zero attached hydrogens (tertiary/aromatic N) is 1. The molecule has 0 radical (unpaired) electrons. The van der Waals surface area contributed by atoms with E-state index in [2.05, 4.69) is 0 Å². The van der Waals surface area contributed by atoms with Crippen molar-refractivity contribution in [1.82, 2.24) is 4.90 Å². The third-order valence-electron chi connectivity index (χ3n) is 8.46. The number of likely N-dealkylation sites (tertiary alicyclic amines) is 1. The number of ketones is 2. The zero-order valence-electron chi connectivity index (χ0n) is 21.8. The first-order valence-corrected chi connectivity index (χ1v) is 13.3. The van der Waals surface area contributed by atoms with Crippen molar-refractivity contribution in [3.63, 3.8) is 0 Å². The van der Waals surface area contributed by atoms with Crippen molar-refractivity contribution >= 4 is 23.4 Å². The van der Waals surface area contributed by atoms with Crippen LogP contribution in [0, 0.1) is 17.8 Å². The molecule has 7 nitrogen and oxygen atoms in total. The molecule has 6 rings (SSSR count). The van der Waals surface area contributed by atoms with Gasteiger partial charge >= 0.3 is 0 Å². The molecule has 4 unspecified atom stereocenters.